The Labute approximate surface area is 101 Å². The summed E-state index contributed by atoms with van der Waals surface area (Å²) in [6, 6.07) is 14.0. The Hall–Kier alpha value is -1.80. The van der Waals surface area contributed by atoms with Gasteiger partial charge in [-0.1, -0.05) is 30.3 Å². The van der Waals surface area contributed by atoms with Crippen molar-refractivity contribution >= 4 is 0 Å². The number of rotatable bonds is 3. The minimum atomic E-state index is 0.0852. The zero-order chi connectivity index (χ0) is 12.3. The van der Waals surface area contributed by atoms with E-state index in [1.165, 1.54) is 0 Å². The number of ether oxygens (including phenoxy) is 1. The molecule has 0 amide bonds. The SMILES string of the molecule is COc1ccc(-c2ccc(CO)cc2)cc1C. The number of aryl methyl sites for hydroxylation is 1. The monoisotopic (exact) mass is 228 g/mol. The smallest absolute Gasteiger partial charge is 0.121 e. The Bertz CT molecular complexity index is 501. The fourth-order valence-electron chi connectivity index (χ4n) is 1.86. The maximum atomic E-state index is 8.99. The van der Waals surface area contributed by atoms with Crippen molar-refractivity contribution in [1.82, 2.24) is 0 Å². The molecule has 0 bridgehead atoms. The van der Waals surface area contributed by atoms with E-state index in [2.05, 4.69) is 6.07 Å². The normalized spacial score (nSPS) is 10.3. The van der Waals surface area contributed by atoms with Crippen LogP contribution in [0.15, 0.2) is 42.5 Å². The number of methoxy groups -OCH3 is 1. The lowest BCUT2D eigenvalue weighted by Gasteiger charge is -2.08. The van der Waals surface area contributed by atoms with Gasteiger partial charge in [-0.15, -0.1) is 0 Å². The van der Waals surface area contributed by atoms with Crippen LogP contribution in [-0.4, -0.2) is 12.2 Å². The summed E-state index contributed by atoms with van der Waals surface area (Å²) in [6.45, 7) is 2.12. The highest BCUT2D eigenvalue weighted by Crippen LogP contribution is 2.26. The average molecular weight is 228 g/mol. The molecule has 0 radical (unpaired) electrons. The van der Waals surface area contributed by atoms with Gasteiger partial charge < -0.3 is 9.84 Å². The number of aliphatic hydroxyl groups is 1. The van der Waals surface area contributed by atoms with Crippen LogP contribution < -0.4 is 4.74 Å². The van der Waals surface area contributed by atoms with Crippen molar-refractivity contribution in [3.63, 3.8) is 0 Å². The maximum Gasteiger partial charge on any atom is 0.121 e. The summed E-state index contributed by atoms with van der Waals surface area (Å²) < 4.78 is 5.24. The fourth-order valence-corrected chi connectivity index (χ4v) is 1.86. The molecule has 0 atom stereocenters. The van der Waals surface area contributed by atoms with E-state index in [1.54, 1.807) is 7.11 Å². The molecule has 0 fully saturated rings. The average Bonchev–Trinajstić information content (AvgIpc) is 2.39. The van der Waals surface area contributed by atoms with E-state index >= 15 is 0 Å². The first kappa shape index (κ1) is 11.7. The largest absolute Gasteiger partial charge is 0.496 e. The number of hydrogen-bond donors (Lipinski definition) is 1. The van der Waals surface area contributed by atoms with Crippen molar-refractivity contribution in [2.75, 3.05) is 7.11 Å². The van der Waals surface area contributed by atoms with Gasteiger partial charge in [0.15, 0.2) is 0 Å². The summed E-state index contributed by atoms with van der Waals surface area (Å²) in [5.41, 5.74) is 4.36. The van der Waals surface area contributed by atoms with Gasteiger partial charge in [0.1, 0.15) is 5.75 Å². The standard InChI is InChI=1S/C15H16O2/c1-11-9-14(7-8-15(11)17-2)13-5-3-12(10-16)4-6-13/h3-9,16H,10H2,1-2H3. The van der Waals surface area contributed by atoms with Crippen LogP contribution in [0.2, 0.25) is 0 Å². The zero-order valence-corrected chi connectivity index (χ0v) is 10.1. The molecular weight excluding hydrogens is 212 g/mol. The molecule has 0 unspecified atom stereocenters. The van der Waals surface area contributed by atoms with Crippen LogP contribution in [0, 0.1) is 6.92 Å². The molecule has 2 rings (SSSR count). The molecule has 0 saturated carbocycles. The van der Waals surface area contributed by atoms with E-state index in [4.69, 9.17) is 9.84 Å². The Morgan fingerprint density at radius 3 is 2.18 bits per heavy atom. The van der Waals surface area contributed by atoms with Crippen molar-refractivity contribution in [1.29, 1.82) is 0 Å². The quantitative estimate of drug-likeness (QED) is 0.874. The summed E-state index contributed by atoms with van der Waals surface area (Å²) in [4.78, 5) is 0. The molecule has 2 heteroatoms. The second-order valence-corrected chi connectivity index (χ2v) is 4.04. The molecular formula is C15H16O2. The van der Waals surface area contributed by atoms with Gasteiger partial charge in [0.2, 0.25) is 0 Å². The van der Waals surface area contributed by atoms with Gasteiger partial charge in [0.25, 0.3) is 0 Å². The highest BCUT2D eigenvalue weighted by Gasteiger charge is 2.02. The van der Waals surface area contributed by atoms with Gasteiger partial charge in [-0.3, -0.25) is 0 Å². The molecule has 1 N–H and O–H groups in total. The third-order valence-corrected chi connectivity index (χ3v) is 2.86. The first-order chi connectivity index (χ1) is 8.24. The van der Waals surface area contributed by atoms with Crippen molar-refractivity contribution in [2.24, 2.45) is 0 Å². The lowest BCUT2D eigenvalue weighted by molar-refractivity contribution is 0.282. The highest BCUT2D eigenvalue weighted by molar-refractivity contribution is 5.65. The Morgan fingerprint density at radius 1 is 1.00 bits per heavy atom. The van der Waals surface area contributed by atoms with Crippen LogP contribution in [0.4, 0.5) is 0 Å². The van der Waals surface area contributed by atoms with Crippen LogP contribution in [0.3, 0.4) is 0 Å². The van der Waals surface area contributed by atoms with Crippen LogP contribution >= 0.6 is 0 Å². The molecule has 17 heavy (non-hydrogen) atoms. The van der Waals surface area contributed by atoms with E-state index in [-0.39, 0.29) is 6.61 Å². The maximum absolute atomic E-state index is 8.99. The van der Waals surface area contributed by atoms with Crippen molar-refractivity contribution in [3.8, 4) is 16.9 Å². The van der Waals surface area contributed by atoms with Gasteiger partial charge in [0, 0.05) is 0 Å². The third kappa shape index (κ3) is 2.48. The Balaban J connectivity index is 2.35. The number of aliphatic hydroxyl groups excluding tert-OH is 1. The molecule has 2 nitrogen and oxygen atoms in total. The molecule has 2 aromatic carbocycles. The zero-order valence-electron chi connectivity index (χ0n) is 10.1. The minimum absolute atomic E-state index is 0.0852. The van der Waals surface area contributed by atoms with Crippen LogP contribution in [0.5, 0.6) is 5.75 Å². The molecule has 0 spiro atoms. The van der Waals surface area contributed by atoms with Gasteiger partial charge >= 0.3 is 0 Å². The first-order valence-electron chi connectivity index (χ1n) is 5.59. The van der Waals surface area contributed by atoms with Gasteiger partial charge in [-0.25, -0.2) is 0 Å². The van der Waals surface area contributed by atoms with E-state index in [0.717, 1.165) is 28.0 Å². The summed E-state index contributed by atoms with van der Waals surface area (Å²) in [6.07, 6.45) is 0. The van der Waals surface area contributed by atoms with E-state index < -0.39 is 0 Å². The molecule has 0 aromatic heterocycles. The molecule has 2 aromatic rings. The minimum Gasteiger partial charge on any atom is -0.496 e. The summed E-state index contributed by atoms with van der Waals surface area (Å²) in [5, 5.41) is 8.99. The van der Waals surface area contributed by atoms with E-state index in [0.29, 0.717) is 0 Å². The van der Waals surface area contributed by atoms with Gasteiger partial charge in [-0.05, 0) is 41.3 Å². The number of benzene rings is 2. The topological polar surface area (TPSA) is 29.5 Å². The Morgan fingerprint density at radius 2 is 1.65 bits per heavy atom. The molecule has 0 aliphatic carbocycles. The predicted molar refractivity (Wildman–Crippen MR) is 69.1 cm³/mol. The van der Waals surface area contributed by atoms with Crippen LogP contribution in [0.1, 0.15) is 11.1 Å². The van der Waals surface area contributed by atoms with Crippen molar-refractivity contribution in [3.05, 3.63) is 53.6 Å². The van der Waals surface area contributed by atoms with Gasteiger partial charge in [0.05, 0.1) is 13.7 Å². The molecule has 0 saturated heterocycles. The van der Waals surface area contributed by atoms with Crippen LogP contribution in [-0.2, 0) is 6.61 Å². The fraction of sp³-hybridized carbons (Fsp3) is 0.200. The lowest BCUT2D eigenvalue weighted by atomic mass is 10.0. The molecule has 0 aliphatic rings. The first-order valence-corrected chi connectivity index (χ1v) is 5.59. The lowest BCUT2D eigenvalue weighted by Crippen LogP contribution is -1.88. The van der Waals surface area contributed by atoms with Gasteiger partial charge in [-0.2, -0.15) is 0 Å². The third-order valence-electron chi connectivity index (χ3n) is 2.86. The second-order valence-electron chi connectivity index (χ2n) is 4.04. The number of hydrogen-bond acceptors (Lipinski definition) is 2. The Kier molecular flexibility index (Phi) is 3.45. The second kappa shape index (κ2) is 5.02. The molecule has 0 aliphatic heterocycles. The molecule has 0 heterocycles. The highest BCUT2D eigenvalue weighted by atomic mass is 16.5. The van der Waals surface area contributed by atoms with Crippen LogP contribution in [0.25, 0.3) is 11.1 Å². The van der Waals surface area contributed by atoms with E-state index in [1.807, 2.05) is 43.3 Å². The summed E-state index contributed by atoms with van der Waals surface area (Å²) >= 11 is 0. The van der Waals surface area contributed by atoms with Crippen molar-refractivity contribution in [2.45, 2.75) is 13.5 Å². The van der Waals surface area contributed by atoms with Crippen molar-refractivity contribution < 1.29 is 9.84 Å². The van der Waals surface area contributed by atoms with E-state index in [9.17, 15) is 0 Å². The summed E-state index contributed by atoms with van der Waals surface area (Å²) in [7, 11) is 1.68. The molecule has 88 valence electrons. The summed E-state index contributed by atoms with van der Waals surface area (Å²) in [5.74, 6) is 0.903. The predicted octanol–water partition coefficient (Wildman–Crippen LogP) is 3.16.